The van der Waals surface area contributed by atoms with Crippen LogP contribution in [-0.2, 0) is 0 Å². The number of amides is 1. The molecule has 17 heavy (non-hydrogen) atoms. The van der Waals surface area contributed by atoms with Gasteiger partial charge >= 0.3 is 0 Å². The van der Waals surface area contributed by atoms with Gasteiger partial charge in [-0.3, -0.25) is 4.79 Å². The number of aryl methyl sites for hydroxylation is 2. The van der Waals surface area contributed by atoms with Crippen molar-refractivity contribution in [3.8, 4) is 5.88 Å². The molecule has 0 radical (unpaired) electrons. The lowest BCUT2D eigenvalue weighted by Gasteiger charge is -2.15. The summed E-state index contributed by atoms with van der Waals surface area (Å²) < 4.78 is 5.75. The smallest absolute Gasteiger partial charge is 0.254 e. The number of nitrogens with zero attached hydrogens (tertiary/aromatic N) is 1. The van der Waals surface area contributed by atoms with Crippen molar-refractivity contribution in [3.63, 3.8) is 0 Å². The van der Waals surface area contributed by atoms with E-state index in [4.69, 9.17) is 10.5 Å². The van der Waals surface area contributed by atoms with Crippen LogP contribution in [0.5, 0.6) is 5.88 Å². The maximum Gasteiger partial charge on any atom is 0.254 e. The number of rotatable bonds is 3. The van der Waals surface area contributed by atoms with Gasteiger partial charge in [-0.05, 0) is 38.4 Å². The zero-order valence-electron chi connectivity index (χ0n) is 10.1. The molecule has 1 fully saturated rings. The van der Waals surface area contributed by atoms with Crippen LogP contribution >= 0.6 is 0 Å². The van der Waals surface area contributed by atoms with Crippen LogP contribution in [0.25, 0.3) is 0 Å². The molecule has 5 heteroatoms. The van der Waals surface area contributed by atoms with Crippen LogP contribution in [0.15, 0.2) is 6.07 Å². The van der Waals surface area contributed by atoms with Crippen LogP contribution in [-0.4, -0.2) is 30.1 Å². The highest BCUT2D eigenvalue weighted by atomic mass is 16.5. The third-order valence-electron chi connectivity index (χ3n) is 2.85. The lowest BCUT2D eigenvalue weighted by Crippen LogP contribution is -2.23. The summed E-state index contributed by atoms with van der Waals surface area (Å²) in [5.41, 5.74) is 7.39. The van der Waals surface area contributed by atoms with Gasteiger partial charge in [0.1, 0.15) is 11.7 Å². The molecule has 1 aromatic rings. The first-order chi connectivity index (χ1) is 8.08. The molecular weight excluding hydrogens is 218 g/mol. The highest BCUT2D eigenvalue weighted by Crippen LogP contribution is 2.22. The standard InChI is InChI=1S/C12H17N3O2/c1-7-5-8(2)15-12(10(7)11(13)16)17-9-3-4-14-6-9/h5,9,14H,3-4,6H2,1-2H3,(H2,13,16). The molecule has 1 aromatic heterocycles. The molecule has 1 amide bonds. The highest BCUT2D eigenvalue weighted by molar-refractivity contribution is 5.96. The molecule has 5 nitrogen and oxygen atoms in total. The summed E-state index contributed by atoms with van der Waals surface area (Å²) in [5.74, 6) is -0.125. The second-order valence-electron chi connectivity index (χ2n) is 4.36. The molecule has 1 aliphatic rings. The maximum absolute atomic E-state index is 11.4. The second-order valence-corrected chi connectivity index (χ2v) is 4.36. The van der Waals surface area contributed by atoms with E-state index in [2.05, 4.69) is 10.3 Å². The van der Waals surface area contributed by atoms with Crippen LogP contribution in [0.2, 0.25) is 0 Å². The minimum atomic E-state index is -0.490. The number of carbonyl (C=O) groups is 1. The lowest BCUT2D eigenvalue weighted by atomic mass is 10.1. The Hall–Kier alpha value is -1.62. The third-order valence-corrected chi connectivity index (χ3v) is 2.85. The molecule has 1 saturated heterocycles. The van der Waals surface area contributed by atoms with Crippen LogP contribution in [0, 0.1) is 13.8 Å². The van der Waals surface area contributed by atoms with E-state index < -0.39 is 5.91 Å². The maximum atomic E-state index is 11.4. The number of nitrogens with one attached hydrogen (secondary N) is 1. The normalized spacial score (nSPS) is 19.3. The Morgan fingerprint density at radius 1 is 1.59 bits per heavy atom. The van der Waals surface area contributed by atoms with Crippen molar-refractivity contribution in [2.75, 3.05) is 13.1 Å². The van der Waals surface area contributed by atoms with E-state index in [0.717, 1.165) is 30.8 Å². The van der Waals surface area contributed by atoms with E-state index in [1.807, 2.05) is 19.9 Å². The Bertz CT molecular complexity index is 440. The molecule has 1 unspecified atom stereocenters. The Labute approximate surface area is 100 Å². The van der Waals surface area contributed by atoms with Crippen LogP contribution in [0.1, 0.15) is 28.0 Å². The molecule has 3 N–H and O–H groups in total. The molecule has 2 heterocycles. The van der Waals surface area contributed by atoms with Crippen LogP contribution in [0.3, 0.4) is 0 Å². The van der Waals surface area contributed by atoms with Gasteiger partial charge in [-0.2, -0.15) is 0 Å². The third kappa shape index (κ3) is 2.55. The van der Waals surface area contributed by atoms with Crippen molar-refractivity contribution in [2.45, 2.75) is 26.4 Å². The van der Waals surface area contributed by atoms with E-state index in [1.54, 1.807) is 0 Å². The highest BCUT2D eigenvalue weighted by Gasteiger charge is 2.21. The van der Waals surface area contributed by atoms with Crippen LogP contribution in [0.4, 0.5) is 0 Å². The monoisotopic (exact) mass is 235 g/mol. The van der Waals surface area contributed by atoms with E-state index in [9.17, 15) is 4.79 Å². The summed E-state index contributed by atoms with van der Waals surface area (Å²) in [7, 11) is 0. The van der Waals surface area contributed by atoms with Gasteiger partial charge in [0.15, 0.2) is 0 Å². The predicted octanol–water partition coefficient (Wildman–Crippen LogP) is 0.538. The minimum absolute atomic E-state index is 0.0711. The number of hydrogen-bond donors (Lipinski definition) is 2. The van der Waals surface area contributed by atoms with Gasteiger partial charge in [0.25, 0.3) is 5.91 Å². The topological polar surface area (TPSA) is 77.2 Å². The summed E-state index contributed by atoms with van der Waals surface area (Å²) in [6.07, 6.45) is 0.995. The summed E-state index contributed by atoms with van der Waals surface area (Å²) in [6.45, 7) is 5.43. The Kier molecular flexibility index (Phi) is 3.28. The summed E-state index contributed by atoms with van der Waals surface area (Å²) >= 11 is 0. The lowest BCUT2D eigenvalue weighted by molar-refractivity contribution is 0.0991. The number of nitrogens with two attached hydrogens (primary N) is 1. The van der Waals surface area contributed by atoms with Gasteiger partial charge in [0, 0.05) is 12.2 Å². The Balaban J connectivity index is 2.32. The summed E-state index contributed by atoms with van der Waals surface area (Å²) in [4.78, 5) is 15.7. The van der Waals surface area contributed by atoms with Gasteiger partial charge < -0.3 is 15.8 Å². The number of pyridine rings is 1. The summed E-state index contributed by atoms with van der Waals surface area (Å²) in [6, 6.07) is 1.83. The minimum Gasteiger partial charge on any atom is -0.472 e. The van der Waals surface area contributed by atoms with Gasteiger partial charge in [-0.15, -0.1) is 0 Å². The largest absolute Gasteiger partial charge is 0.472 e. The molecule has 0 aliphatic carbocycles. The molecule has 2 rings (SSSR count). The van der Waals surface area contributed by atoms with Crippen molar-refractivity contribution in [2.24, 2.45) is 5.73 Å². The molecule has 0 bridgehead atoms. The molecule has 1 atom stereocenters. The van der Waals surface area contributed by atoms with Crippen molar-refractivity contribution in [1.29, 1.82) is 0 Å². The number of primary amides is 1. The van der Waals surface area contributed by atoms with Gasteiger partial charge in [-0.25, -0.2) is 4.98 Å². The number of ether oxygens (including phenoxy) is 1. The molecule has 0 saturated carbocycles. The zero-order valence-corrected chi connectivity index (χ0v) is 10.1. The molecule has 0 aromatic carbocycles. The SMILES string of the molecule is Cc1cc(C)c(C(N)=O)c(OC2CCNC2)n1. The fourth-order valence-corrected chi connectivity index (χ4v) is 2.07. The Morgan fingerprint density at radius 3 is 2.94 bits per heavy atom. The zero-order chi connectivity index (χ0) is 12.4. The molecule has 0 spiro atoms. The number of carbonyl (C=O) groups excluding carboxylic acids is 1. The Morgan fingerprint density at radius 2 is 2.35 bits per heavy atom. The van der Waals surface area contributed by atoms with E-state index in [1.165, 1.54) is 0 Å². The first-order valence-electron chi connectivity index (χ1n) is 5.73. The molecule has 92 valence electrons. The van der Waals surface area contributed by atoms with Crippen molar-refractivity contribution < 1.29 is 9.53 Å². The predicted molar refractivity (Wildman–Crippen MR) is 64.1 cm³/mol. The summed E-state index contributed by atoms with van der Waals surface area (Å²) in [5, 5.41) is 3.20. The van der Waals surface area contributed by atoms with Crippen molar-refractivity contribution in [3.05, 3.63) is 22.9 Å². The fourth-order valence-electron chi connectivity index (χ4n) is 2.07. The van der Waals surface area contributed by atoms with E-state index in [-0.39, 0.29) is 6.10 Å². The average Bonchev–Trinajstić information content (AvgIpc) is 2.68. The first-order valence-corrected chi connectivity index (χ1v) is 5.73. The van der Waals surface area contributed by atoms with E-state index in [0.29, 0.717) is 11.4 Å². The average molecular weight is 235 g/mol. The molecular formula is C12H17N3O2. The number of hydrogen-bond acceptors (Lipinski definition) is 4. The van der Waals surface area contributed by atoms with Crippen molar-refractivity contribution >= 4 is 5.91 Å². The fraction of sp³-hybridized carbons (Fsp3) is 0.500. The van der Waals surface area contributed by atoms with Gasteiger partial charge in [0.05, 0.1) is 0 Å². The number of aromatic nitrogens is 1. The second kappa shape index (κ2) is 4.71. The van der Waals surface area contributed by atoms with E-state index >= 15 is 0 Å². The van der Waals surface area contributed by atoms with Crippen LogP contribution < -0.4 is 15.8 Å². The van der Waals surface area contributed by atoms with Crippen molar-refractivity contribution in [1.82, 2.24) is 10.3 Å². The quantitative estimate of drug-likeness (QED) is 0.801. The first kappa shape index (κ1) is 11.9. The van der Waals surface area contributed by atoms with Gasteiger partial charge in [-0.1, -0.05) is 0 Å². The molecule has 1 aliphatic heterocycles. The van der Waals surface area contributed by atoms with Gasteiger partial charge in [0.2, 0.25) is 5.88 Å².